The van der Waals surface area contributed by atoms with Crippen LogP contribution in [0.4, 0.5) is 22.7 Å². The normalized spacial score (nSPS) is 16.1. The lowest BCUT2D eigenvalue weighted by Crippen LogP contribution is -2.27. The zero-order valence-electron chi connectivity index (χ0n) is 33.0. The number of hydrogen-bond acceptors (Lipinski definition) is 4. The van der Waals surface area contributed by atoms with Gasteiger partial charge in [-0.1, -0.05) is 127 Å². The van der Waals surface area contributed by atoms with Gasteiger partial charge in [-0.2, -0.15) is 0 Å². The van der Waals surface area contributed by atoms with E-state index in [4.69, 9.17) is 9.15 Å². The summed E-state index contributed by atoms with van der Waals surface area (Å²) in [6.07, 6.45) is 5.61. The summed E-state index contributed by atoms with van der Waals surface area (Å²) in [6, 6.07) is 66.5. The standard InChI is InChI=1S/C56H38N2O2/c1-59-37-31-29-36(30-32-37)57(47-26-14-25-46-52(47)40-19-7-11-24-45(40)56(46)43-22-9-5-17-38(43)39-18-6-10-23-44(39)56)49-27-13-21-42-53-48(58(55(42)49)35-15-3-2-4-16-35)33-34-51-54(53)41-20-8-12-28-50(41)60-51/h2-20,22-34,42H,21H2,1H3. The summed E-state index contributed by atoms with van der Waals surface area (Å²) in [5.74, 6) is 0.901. The smallest absolute Gasteiger partial charge is 0.135 e. The molecule has 0 N–H and O–H groups in total. The largest absolute Gasteiger partial charge is 0.497 e. The van der Waals surface area contributed by atoms with E-state index in [0.29, 0.717) is 0 Å². The number of methoxy groups -OCH3 is 1. The summed E-state index contributed by atoms with van der Waals surface area (Å²) in [6.45, 7) is 0. The van der Waals surface area contributed by atoms with Crippen LogP contribution in [0.15, 0.2) is 210 Å². The van der Waals surface area contributed by atoms with Crippen molar-refractivity contribution in [3.63, 3.8) is 0 Å². The predicted octanol–water partition coefficient (Wildman–Crippen LogP) is 14.2. The zero-order valence-corrected chi connectivity index (χ0v) is 33.0. The Labute approximate surface area is 348 Å². The minimum absolute atomic E-state index is 0.0784. The molecule has 284 valence electrons. The van der Waals surface area contributed by atoms with Gasteiger partial charge in [-0.05, 0) is 118 Å². The van der Waals surface area contributed by atoms with Crippen LogP contribution in [-0.4, -0.2) is 7.11 Å². The van der Waals surface area contributed by atoms with E-state index in [1.54, 1.807) is 7.11 Å². The predicted molar refractivity (Wildman–Crippen MR) is 244 cm³/mol. The minimum atomic E-state index is -0.461. The maximum atomic E-state index is 6.54. The van der Waals surface area contributed by atoms with E-state index >= 15 is 0 Å². The van der Waals surface area contributed by atoms with Crippen molar-refractivity contribution in [3.05, 3.63) is 233 Å². The fraction of sp³-hybridized carbons (Fsp3) is 0.0714. The van der Waals surface area contributed by atoms with Crippen molar-refractivity contribution in [1.82, 2.24) is 0 Å². The van der Waals surface area contributed by atoms with Crippen LogP contribution in [0.5, 0.6) is 5.75 Å². The van der Waals surface area contributed by atoms with E-state index in [1.165, 1.54) is 66.8 Å². The maximum Gasteiger partial charge on any atom is 0.135 e. The number of nitrogens with zero attached hydrogens (tertiary/aromatic N) is 2. The Morgan fingerprint density at radius 1 is 0.600 bits per heavy atom. The first-order chi connectivity index (χ1) is 29.8. The van der Waals surface area contributed by atoms with Crippen molar-refractivity contribution in [1.29, 1.82) is 0 Å². The quantitative estimate of drug-likeness (QED) is 0.174. The van der Waals surface area contributed by atoms with Gasteiger partial charge < -0.3 is 19.0 Å². The third kappa shape index (κ3) is 4.29. The average Bonchev–Trinajstić information content (AvgIpc) is 4.04. The van der Waals surface area contributed by atoms with Crippen molar-refractivity contribution >= 4 is 44.7 Å². The first kappa shape index (κ1) is 33.4. The molecule has 8 aromatic carbocycles. The SMILES string of the molecule is COc1ccc(N(C2=C3C(CC=C2)c2c(ccc4oc5ccccc5c24)N3c2ccccc2)c2cccc3c2-c2ccccc2C32c3ccccc3-c3ccccc32)cc1. The highest BCUT2D eigenvalue weighted by Crippen LogP contribution is 2.65. The van der Waals surface area contributed by atoms with Gasteiger partial charge in [0.25, 0.3) is 0 Å². The lowest BCUT2D eigenvalue weighted by molar-refractivity contribution is 0.415. The van der Waals surface area contributed by atoms with Gasteiger partial charge >= 0.3 is 0 Å². The minimum Gasteiger partial charge on any atom is -0.497 e. The summed E-state index contributed by atoms with van der Waals surface area (Å²) in [5, 5.41) is 2.35. The third-order valence-electron chi connectivity index (χ3n) is 13.5. The molecule has 2 heterocycles. The molecule has 4 aliphatic rings. The molecule has 1 spiro atoms. The molecule has 9 aromatic rings. The molecule has 0 saturated carbocycles. The molecule has 60 heavy (non-hydrogen) atoms. The highest BCUT2D eigenvalue weighted by molar-refractivity contribution is 6.11. The molecule has 0 saturated heterocycles. The van der Waals surface area contributed by atoms with Gasteiger partial charge in [0.1, 0.15) is 16.9 Å². The molecule has 0 amide bonds. The Morgan fingerprint density at radius 2 is 1.25 bits per heavy atom. The maximum absolute atomic E-state index is 6.54. The number of hydrogen-bond donors (Lipinski definition) is 0. The molecule has 1 atom stereocenters. The number of allylic oxidation sites excluding steroid dienone is 3. The number of fused-ring (bicyclic) bond motifs is 17. The molecule has 4 nitrogen and oxygen atoms in total. The van der Waals surface area contributed by atoms with Crippen molar-refractivity contribution < 1.29 is 9.15 Å². The Hall–Kier alpha value is -7.56. The summed E-state index contributed by atoms with van der Waals surface area (Å²) in [4.78, 5) is 5.03. The fourth-order valence-electron chi connectivity index (χ4n) is 11.2. The lowest BCUT2D eigenvalue weighted by Gasteiger charge is -2.36. The van der Waals surface area contributed by atoms with Crippen molar-refractivity contribution in [2.24, 2.45) is 0 Å². The van der Waals surface area contributed by atoms with E-state index < -0.39 is 5.41 Å². The van der Waals surface area contributed by atoms with Gasteiger partial charge in [-0.15, -0.1) is 0 Å². The van der Waals surface area contributed by atoms with Gasteiger partial charge in [-0.3, -0.25) is 0 Å². The summed E-state index contributed by atoms with van der Waals surface area (Å²) in [7, 11) is 1.73. The Morgan fingerprint density at radius 3 is 2.00 bits per heavy atom. The molecule has 4 heteroatoms. The first-order valence-corrected chi connectivity index (χ1v) is 20.8. The summed E-state index contributed by atoms with van der Waals surface area (Å²) in [5.41, 5.74) is 20.0. The zero-order chi connectivity index (χ0) is 39.5. The average molecular weight is 771 g/mol. The van der Waals surface area contributed by atoms with Gasteiger partial charge in [0, 0.05) is 33.6 Å². The highest BCUT2D eigenvalue weighted by Gasteiger charge is 2.52. The van der Waals surface area contributed by atoms with Gasteiger partial charge in [0.05, 0.1) is 35.3 Å². The van der Waals surface area contributed by atoms with Gasteiger partial charge in [0.2, 0.25) is 0 Å². The van der Waals surface area contributed by atoms with E-state index in [1.807, 2.05) is 0 Å². The van der Waals surface area contributed by atoms with Crippen LogP contribution in [0.2, 0.25) is 0 Å². The Bertz CT molecular complexity index is 3250. The van der Waals surface area contributed by atoms with Gasteiger partial charge in [0.15, 0.2) is 0 Å². The number of ether oxygens (including phenoxy) is 1. The second-order valence-corrected chi connectivity index (χ2v) is 16.2. The second-order valence-electron chi connectivity index (χ2n) is 16.2. The highest BCUT2D eigenvalue weighted by atomic mass is 16.5. The van der Waals surface area contributed by atoms with Crippen LogP contribution in [0.25, 0.3) is 44.2 Å². The molecule has 1 aliphatic heterocycles. The Kier molecular flexibility index (Phi) is 6.95. The summed E-state index contributed by atoms with van der Waals surface area (Å²) >= 11 is 0. The van der Waals surface area contributed by atoms with E-state index in [9.17, 15) is 0 Å². The van der Waals surface area contributed by atoms with Crippen LogP contribution in [-0.2, 0) is 5.41 Å². The number of para-hydroxylation sites is 2. The molecule has 0 fully saturated rings. The molecule has 0 bridgehead atoms. The molecule has 3 aliphatic carbocycles. The second kappa shape index (κ2) is 12.5. The molecule has 13 rings (SSSR count). The van der Waals surface area contributed by atoms with Crippen LogP contribution in [0.3, 0.4) is 0 Å². The molecule has 0 radical (unpaired) electrons. The molecular formula is C56H38N2O2. The van der Waals surface area contributed by atoms with Crippen LogP contribution < -0.4 is 14.5 Å². The van der Waals surface area contributed by atoms with Crippen molar-refractivity contribution in [2.45, 2.75) is 17.8 Å². The first-order valence-electron chi connectivity index (χ1n) is 20.8. The van der Waals surface area contributed by atoms with Crippen LogP contribution in [0, 0.1) is 0 Å². The molecule has 1 aromatic heterocycles. The van der Waals surface area contributed by atoms with E-state index in [0.717, 1.165) is 51.5 Å². The van der Waals surface area contributed by atoms with Gasteiger partial charge in [-0.25, -0.2) is 0 Å². The number of rotatable bonds is 5. The van der Waals surface area contributed by atoms with E-state index in [2.05, 4.69) is 204 Å². The fourth-order valence-corrected chi connectivity index (χ4v) is 11.2. The summed E-state index contributed by atoms with van der Waals surface area (Å²) < 4.78 is 12.3. The number of anilines is 4. The van der Waals surface area contributed by atoms with Crippen LogP contribution in [0.1, 0.15) is 40.2 Å². The Balaban J connectivity index is 1.13. The van der Waals surface area contributed by atoms with Crippen molar-refractivity contribution in [2.75, 3.05) is 16.9 Å². The van der Waals surface area contributed by atoms with Crippen LogP contribution >= 0.6 is 0 Å². The number of benzene rings is 8. The topological polar surface area (TPSA) is 28.9 Å². The molecular weight excluding hydrogens is 733 g/mol. The monoisotopic (exact) mass is 770 g/mol. The number of furan rings is 1. The lowest BCUT2D eigenvalue weighted by atomic mass is 9.70. The molecule has 1 unspecified atom stereocenters. The third-order valence-corrected chi connectivity index (χ3v) is 13.5. The van der Waals surface area contributed by atoms with E-state index in [-0.39, 0.29) is 5.92 Å². The van der Waals surface area contributed by atoms with Crippen molar-refractivity contribution in [3.8, 4) is 28.0 Å².